The van der Waals surface area contributed by atoms with Crippen molar-refractivity contribution in [3.63, 3.8) is 0 Å². The topological polar surface area (TPSA) is 49.4 Å². The van der Waals surface area contributed by atoms with Crippen molar-refractivity contribution in [1.29, 1.82) is 0 Å². The fourth-order valence-corrected chi connectivity index (χ4v) is 2.84. The van der Waals surface area contributed by atoms with Crippen LogP contribution in [0.3, 0.4) is 0 Å². The Labute approximate surface area is 139 Å². The van der Waals surface area contributed by atoms with E-state index < -0.39 is 0 Å². The molecule has 1 N–H and O–H groups in total. The average molecular weight is 316 g/mol. The van der Waals surface area contributed by atoms with Crippen LogP contribution in [0.2, 0.25) is 0 Å². The van der Waals surface area contributed by atoms with Crippen molar-refractivity contribution in [2.75, 3.05) is 19.6 Å². The van der Waals surface area contributed by atoms with Gasteiger partial charge in [-0.15, -0.1) is 0 Å². The van der Waals surface area contributed by atoms with Crippen LogP contribution in [0.4, 0.5) is 0 Å². The van der Waals surface area contributed by atoms with Crippen LogP contribution in [-0.2, 0) is 4.79 Å². The van der Waals surface area contributed by atoms with Crippen LogP contribution in [0.25, 0.3) is 0 Å². The van der Waals surface area contributed by atoms with E-state index in [1.165, 1.54) is 0 Å². The van der Waals surface area contributed by atoms with Crippen LogP contribution >= 0.6 is 0 Å². The first-order chi connectivity index (χ1) is 10.9. The van der Waals surface area contributed by atoms with E-state index in [2.05, 4.69) is 5.32 Å². The van der Waals surface area contributed by atoms with E-state index in [4.69, 9.17) is 0 Å². The lowest BCUT2D eigenvalue weighted by molar-refractivity contribution is -0.128. The smallest absolute Gasteiger partial charge is 0.253 e. The summed E-state index contributed by atoms with van der Waals surface area (Å²) in [5, 5.41) is 3.01. The molecule has 0 aliphatic carbocycles. The molecule has 2 amide bonds. The first-order valence-corrected chi connectivity index (χ1v) is 8.50. The van der Waals surface area contributed by atoms with Gasteiger partial charge in [0.2, 0.25) is 5.91 Å². The van der Waals surface area contributed by atoms with Gasteiger partial charge in [0.15, 0.2) is 0 Å². The van der Waals surface area contributed by atoms with E-state index in [1.807, 2.05) is 56.0 Å². The number of carbonyl (C=O) groups excluding carboxylic acids is 2. The van der Waals surface area contributed by atoms with Gasteiger partial charge in [-0.25, -0.2) is 0 Å². The van der Waals surface area contributed by atoms with E-state index in [0.29, 0.717) is 5.92 Å². The Balaban J connectivity index is 1.72. The second kappa shape index (κ2) is 7.62. The number of hydrogen-bond donors (Lipinski definition) is 1. The highest BCUT2D eigenvalue weighted by molar-refractivity contribution is 5.94. The first kappa shape index (κ1) is 17.5. The number of likely N-dealkylation sites (tertiary alicyclic amines) is 1. The van der Waals surface area contributed by atoms with E-state index in [-0.39, 0.29) is 17.2 Å². The molecular formula is C19H28N2O2. The lowest BCUT2D eigenvalue weighted by atomic mass is 9.92. The van der Waals surface area contributed by atoms with Crippen molar-refractivity contribution in [3.05, 3.63) is 35.9 Å². The molecule has 0 unspecified atom stereocenters. The molecule has 0 aromatic heterocycles. The van der Waals surface area contributed by atoms with Gasteiger partial charge in [0.1, 0.15) is 0 Å². The molecule has 1 aromatic rings. The van der Waals surface area contributed by atoms with Crippen LogP contribution in [0.5, 0.6) is 0 Å². The van der Waals surface area contributed by atoms with E-state index in [1.54, 1.807) is 0 Å². The van der Waals surface area contributed by atoms with E-state index in [9.17, 15) is 9.59 Å². The van der Waals surface area contributed by atoms with Crippen LogP contribution in [0.15, 0.2) is 30.3 Å². The second-order valence-corrected chi connectivity index (χ2v) is 7.40. The van der Waals surface area contributed by atoms with Gasteiger partial charge in [-0.1, -0.05) is 39.0 Å². The van der Waals surface area contributed by atoms with Crippen molar-refractivity contribution in [2.45, 2.75) is 40.0 Å². The molecule has 0 saturated carbocycles. The molecule has 0 atom stereocenters. The van der Waals surface area contributed by atoms with Gasteiger partial charge in [0.25, 0.3) is 5.91 Å². The molecule has 4 nitrogen and oxygen atoms in total. The van der Waals surface area contributed by atoms with Crippen LogP contribution in [-0.4, -0.2) is 36.3 Å². The minimum atomic E-state index is -0.328. The quantitative estimate of drug-likeness (QED) is 0.928. The first-order valence-electron chi connectivity index (χ1n) is 8.50. The molecule has 4 heteroatoms. The zero-order valence-corrected chi connectivity index (χ0v) is 14.5. The number of nitrogens with zero attached hydrogens (tertiary/aromatic N) is 1. The van der Waals surface area contributed by atoms with Crippen molar-refractivity contribution < 1.29 is 9.59 Å². The maximum atomic E-state index is 12.4. The Kier molecular flexibility index (Phi) is 5.80. The SMILES string of the molecule is CC(C)(C)C(=O)NCCC1CCN(C(=O)c2ccccc2)CC1. The molecule has 0 spiro atoms. The predicted octanol–water partition coefficient (Wildman–Crippen LogP) is 3.09. The molecule has 1 aliphatic heterocycles. The summed E-state index contributed by atoms with van der Waals surface area (Å²) < 4.78 is 0. The fourth-order valence-electron chi connectivity index (χ4n) is 2.84. The van der Waals surface area contributed by atoms with Crippen LogP contribution in [0, 0.1) is 11.3 Å². The Hall–Kier alpha value is -1.84. The number of benzene rings is 1. The summed E-state index contributed by atoms with van der Waals surface area (Å²) >= 11 is 0. The number of nitrogens with one attached hydrogen (secondary N) is 1. The second-order valence-electron chi connectivity index (χ2n) is 7.40. The number of rotatable bonds is 4. The van der Waals surface area contributed by atoms with Crippen LogP contribution < -0.4 is 5.32 Å². The molecule has 23 heavy (non-hydrogen) atoms. The number of carbonyl (C=O) groups is 2. The van der Waals surface area contributed by atoms with Gasteiger partial charge >= 0.3 is 0 Å². The average Bonchev–Trinajstić information content (AvgIpc) is 2.54. The highest BCUT2D eigenvalue weighted by atomic mass is 16.2. The maximum Gasteiger partial charge on any atom is 0.253 e. The summed E-state index contributed by atoms with van der Waals surface area (Å²) in [5.41, 5.74) is 0.439. The van der Waals surface area contributed by atoms with Gasteiger partial charge in [0, 0.05) is 30.6 Å². The van der Waals surface area contributed by atoms with Gasteiger partial charge in [-0.2, -0.15) is 0 Å². The number of hydrogen-bond acceptors (Lipinski definition) is 2. The molecule has 1 fully saturated rings. The maximum absolute atomic E-state index is 12.4. The minimum Gasteiger partial charge on any atom is -0.356 e. The standard InChI is InChI=1S/C19H28N2O2/c1-19(2,3)18(23)20-12-9-15-10-13-21(14-11-15)17(22)16-7-5-4-6-8-16/h4-8,15H,9-14H2,1-3H3,(H,20,23). The van der Waals surface area contributed by atoms with Gasteiger partial charge < -0.3 is 10.2 Å². The van der Waals surface area contributed by atoms with Crippen LogP contribution in [0.1, 0.15) is 50.4 Å². The third-order valence-electron chi connectivity index (χ3n) is 4.44. The van der Waals surface area contributed by atoms with Crippen molar-refractivity contribution in [3.8, 4) is 0 Å². The summed E-state index contributed by atoms with van der Waals surface area (Å²) in [6.45, 7) is 8.13. The summed E-state index contributed by atoms with van der Waals surface area (Å²) in [7, 11) is 0. The molecule has 2 rings (SSSR count). The summed E-state index contributed by atoms with van der Waals surface area (Å²) in [6.07, 6.45) is 3.03. The number of piperidine rings is 1. The predicted molar refractivity (Wildman–Crippen MR) is 92.2 cm³/mol. The van der Waals surface area contributed by atoms with Gasteiger partial charge in [-0.05, 0) is 37.3 Å². The molecule has 1 aromatic carbocycles. The molecular weight excluding hydrogens is 288 g/mol. The molecule has 1 saturated heterocycles. The van der Waals surface area contributed by atoms with Gasteiger partial charge in [0.05, 0.1) is 0 Å². The third-order valence-corrected chi connectivity index (χ3v) is 4.44. The molecule has 1 aliphatic rings. The Morgan fingerprint density at radius 2 is 1.74 bits per heavy atom. The summed E-state index contributed by atoms with van der Waals surface area (Å²) in [6, 6.07) is 9.47. The highest BCUT2D eigenvalue weighted by Gasteiger charge is 2.24. The largest absolute Gasteiger partial charge is 0.356 e. The zero-order valence-electron chi connectivity index (χ0n) is 14.5. The van der Waals surface area contributed by atoms with E-state index in [0.717, 1.165) is 44.5 Å². The Morgan fingerprint density at radius 1 is 1.13 bits per heavy atom. The molecule has 0 radical (unpaired) electrons. The molecule has 126 valence electrons. The fraction of sp³-hybridized carbons (Fsp3) is 0.579. The normalized spacial score (nSPS) is 16.2. The molecule has 1 heterocycles. The lowest BCUT2D eigenvalue weighted by Gasteiger charge is -2.32. The summed E-state index contributed by atoms with van der Waals surface area (Å²) in [5.74, 6) is 0.828. The third kappa shape index (κ3) is 5.08. The van der Waals surface area contributed by atoms with Crippen molar-refractivity contribution in [2.24, 2.45) is 11.3 Å². The Bertz CT molecular complexity index is 526. The number of amides is 2. The monoisotopic (exact) mass is 316 g/mol. The van der Waals surface area contributed by atoms with Crippen molar-refractivity contribution >= 4 is 11.8 Å². The highest BCUT2D eigenvalue weighted by Crippen LogP contribution is 2.22. The summed E-state index contributed by atoms with van der Waals surface area (Å²) in [4.78, 5) is 26.2. The zero-order chi connectivity index (χ0) is 16.9. The minimum absolute atomic E-state index is 0.106. The van der Waals surface area contributed by atoms with Crippen molar-refractivity contribution in [1.82, 2.24) is 10.2 Å². The lowest BCUT2D eigenvalue weighted by Crippen LogP contribution is -2.40. The van der Waals surface area contributed by atoms with Gasteiger partial charge in [-0.3, -0.25) is 9.59 Å². The Morgan fingerprint density at radius 3 is 2.30 bits per heavy atom. The molecule has 0 bridgehead atoms. The van der Waals surface area contributed by atoms with E-state index >= 15 is 0 Å².